The normalized spacial score (nSPS) is 25.8. The lowest BCUT2D eigenvalue weighted by atomic mass is 10.0. The summed E-state index contributed by atoms with van der Waals surface area (Å²) in [5.41, 5.74) is 5.44. The Bertz CT molecular complexity index is 414. The van der Waals surface area contributed by atoms with Gasteiger partial charge in [0.1, 0.15) is 0 Å². The SMILES string of the molecule is CC1CCCN(S(=O)(=O)N2CCC(OCCCN)CC2)C1.Cl. The number of halogens is 1. The third kappa shape index (κ3) is 5.32. The van der Waals surface area contributed by atoms with E-state index < -0.39 is 10.2 Å². The molecule has 6 nitrogen and oxygen atoms in total. The Kier molecular flexibility index (Phi) is 8.59. The van der Waals surface area contributed by atoms with Crippen molar-refractivity contribution in [3.05, 3.63) is 0 Å². The molecule has 2 rings (SSSR count). The number of nitrogens with zero attached hydrogens (tertiary/aromatic N) is 2. The monoisotopic (exact) mass is 355 g/mol. The van der Waals surface area contributed by atoms with E-state index in [1.807, 2.05) is 0 Å². The van der Waals surface area contributed by atoms with Crippen LogP contribution in [0.2, 0.25) is 0 Å². The van der Waals surface area contributed by atoms with Crippen molar-refractivity contribution in [1.29, 1.82) is 0 Å². The van der Waals surface area contributed by atoms with Gasteiger partial charge in [0.05, 0.1) is 6.10 Å². The van der Waals surface area contributed by atoms with E-state index in [-0.39, 0.29) is 18.5 Å². The molecule has 2 N–H and O–H groups in total. The summed E-state index contributed by atoms with van der Waals surface area (Å²) in [6, 6.07) is 0. The fourth-order valence-electron chi connectivity index (χ4n) is 3.08. The van der Waals surface area contributed by atoms with Gasteiger partial charge in [-0.05, 0) is 44.6 Å². The molecule has 2 fully saturated rings. The number of piperidine rings is 2. The average Bonchev–Trinajstić information content (AvgIpc) is 2.48. The van der Waals surface area contributed by atoms with Crippen LogP contribution in [0.1, 0.15) is 39.0 Å². The summed E-state index contributed by atoms with van der Waals surface area (Å²) in [6.45, 7) is 5.91. The number of rotatable bonds is 6. The van der Waals surface area contributed by atoms with Crippen molar-refractivity contribution >= 4 is 22.6 Å². The van der Waals surface area contributed by atoms with Gasteiger partial charge < -0.3 is 10.5 Å². The van der Waals surface area contributed by atoms with Gasteiger partial charge in [0, 0.05) is 32.8 Å². The van der Waals surface area contributed by atoms with Gasteiger partial charge in [0.15, 0.2) is 0 Å². The molecule has 22 heavy (non-hydrogen) atoms. The molecule has 0 aromatic rings. The molecule has 2 heterocycles. The van der Waals surface area contributed by atoms with Crippen molar-refractivity contribution in [2.24, 2.45) is 11.7 Å². The number of ether oxygens (including phenoxy) is 1. The van der Waals surface area contributed by atoms with E-state index in [4.69, 9.17) is 10.5 Å². The summed E-state index contributed by atoms with van der Waals surface area (Å²) in [4.78, 5) is 0. The Morgan fingerprint density at radius 1 is 1.14 bits per heavy atom. The quantitative estimate of drug-likeness (QED) is 0.727. The van der Waals surface area contributed by atoms with Crippen LogP contribution >= 0.6 is 12.4 Å². The Labute approximate surface area is 140 Å². The first kappa shape index (κ1) is 20.1. The van der Waals surface area contributed by atoms with Crippen LogP contribution in [-0.4, -0.2) is 62.5 Å². The molecule has 8 heteroatoms. The first-order valence-corrected chi connectivity index (χ1v) is 9.50. The maximum absolute atomic E-state index is 12.6. The van der Waals surface area contributed by atoms with Crippen molar-refractivity contribution in [2.45, 2.75) is 45.1 Å². The molecular formula is C14H30ClN3O3S. The smallest absolute Gasteiger partial charge is 0.281 e. The molecule has 0 amide bonds. The Balaban J connectivity index is 0.00000242. The maximum Gasteiger partial charge on any atom is 0.281 e. The van der Waals surface area contributed by atoms with E-state index in [0.717, 1.165) is 32.1 Å². The van der Waals surface area contributed by atoms with Crippen LogP contribution in [0.15, 0.2) is 0 Å². The van der Waals surface area contributed by atoms with E-state index in [0.29, 0.717) is 45.2 Å². The topological polar surface area (TPSA) is 75.9 Å². The molecule has 0 aromatic carbocycles. The van der Waals surface area contributed by atoms with Crippen molar-refractivity contribution in [1.82, 2.24) is 8.61 Å². The minimum Gasteiger partial charge on any atom is -0.378 e. The molecule has 0 spiro atoms. The van der Waals surface area contributed by atoms with Gasteiger partial charge in [-0.3, -0.25) is 0 Å². The fourth-order valence-corrected chi connectivity index (χ4v) is 4.88. The lowest BCUT2D eigenvalue weighted by molar-refractivity contribution is 0.0198. The highest BCUT2D eigenvalue weighted by Crippen LogP contribution is 2.23. The van der Waals surface area contributed by atoms with Crippen molar-refractivity contribution in [2.75, 3.05) is 39.3 Å². The average molecular weight is 356 g/mol. The Morgan fingerprint density at radius 2 is 1.82 bits per heavy atom. The summed E-state index contributed by atoms with van der Waals surface area (Å²) in [5, 5.41) is 0. The predicted octanol–water partition coefficient (Wildman–Crippen LogP) is 1.21. The zero-order chi connectivity index (χ0) is 15.3. The first-order chi connectivity index (χ1) is 10.0. The second kappa shape index (κ2) is 9.39. The molecular weight excluding hydrogens is 326 g/mol. The standard InChI is InChI=1S/C14H29N3O3S.ClH/c1-13-4-2-8-17(12-13)21(18,19)16-9-5-14(6-10-16)20-11-3-7-15;/h13-14H,2-12,15H2,1H3;1H. The lowest BCUT2D eigenvalue weighted by Gasteiger charge is -2.37. The molecule has 0 radical (unpaired) electrons. The number of hydrogen-bond donors (Lipinski definition) is 1. The predicted molar refractivity (Wildman–Crippen MR) is 90.4 cm³/mol. The Hall–Kier alpha value is 0.0800. The van der Waals surface area contributed by atoms with Crippen molar-refractivity contribution in [3.8, 4) is 0 Å². The van der Waals surface area contributed by atoms with E-state index in [2.05, 4.69) is 6.92 Å². The van der Waals surface area contributed by atoms with Gasteiger partial charge in [-0.2, -0.15) is 17.0 Å². The van der Waals surface area contributed by atoms with Crippen LogP contribution in [-0.2, 0) is 14.9 Å². The molecule has 0 aromatic heterocycles. The number of hydrogen-bond acceptors (Lipinski definition) is 4. The minimum absolute atomic E-state index is 0. The van der Waals surface area contributed by atoms with Crippen LogP contribution in [0.25, 0.3) is 0 Å². The van der Waals surface area contributed by atoms with Gasteiger partial charge in [-0.25, -0.2) is 0 Å². The molecule has 2 saturated heterocycles. The molecule has 2 aliphatic heterocycles. The molecule has 0 bridgehead atoms. The zero-order valence-corrected chi connectivity index (χ0v) is 15.1. The second-order valence-electron chi connectivity index (χ2n) is 6.22. The molecule has 0 aliphatic carbocycles. The summed E-state index contributed by atoms with van der Waals surface area (Å²) in [7, 11) is -3.28. The van der Waals surface area contributed by atoms with E-state index >= 15 is 0 Å². The van der Waals surface area contributed by atoms with E-state index in [1.165, 1.54) is 0 Å². The zero-order valence-electron chi connectivity index (χ0n) is 13.4. The number of nitrogens with two attached hydrogens (primary N) is 1. The van der Waals surface area contributed by atoms with Crippen LogP contribution in [0.3, 0.4) is 0 Å². The van der Waals surface area contributed by atoms with E-state index in [9.17, 15) is 8.42 Å². The third-order valence-corrected chi connectivity index (χ3v) is 6.38. The van der Waals surface area contributed by atoms with Gasteiger partial charge >= 0.3 is 0 Å². The second-order valence-corrected chi connectivity index (χ2v) is 8.15. The van der Waals surface area contributed by atoms with Crippen LogP contribution in [0, 0.1) is 5.92 Å². The van der Waals surface area contributed by atoms with Gasteiger partial charge in [0.25, 0.3) is 10.2 Å². The Morgan fingerprint density at radius 3 is 2.41 bits per heavy atom. The van der Waals surface area contributed by atoms with Gasteiger partial charge in [-0.1, -0.05) is 6.92 Å². The maximum atomic E-state index is 12.6. The van der Waals surface area contributed by atoms with Crippen LogP contribution < -0.4 is 5.73 Å². The highest BCUT2D eigenvalue weighted by molar-refractivity contribution is 7.86. The van der Waals surface area contributed by atoms with E-state index in [1.54, 1.807) is 8.61 Å². The molecule has 1 atom stereocenters. The van der Waals surface area contributed by atoms with Crippen molar-refractivity contribution < 1.29 is 13.2 Å². The summed E-state index contributed by atoms with van der Waals surface area (Å²) >= 11 is 0. The minimum atomic E-state index is -3.28. The summed E-state index contributed by atoms with van der Waals surface area (Å²) in [6.07, 6.45) is 4.72. The highest BCUT2D eigenvalue weighted by Gasteiger charge is 2.34. The van der Waals surface area contributed by atoms with Gasteiger partial charge in [0.2, 0.25) is 0 Å². The third-order valence-electron chi connectivity index (χ3n) is 4.38. The molecule has 0 saturated carbocycles. The highest BCUT2D eigenvalue weighted by atomic mass is 35.5. The van der Waals surface area contributed by atoms with Crippen LogP contribution in [0.4, 0.5) is 0 Å². The largest absolute Gasteiger partial charge is 0.378 e. The fraction of sp³-hybridized carbons (Fsp3) is 1.00. The molecule has 132 valence electrons. The summed E-state index contributed by atoms with van der Waals surface area (Å²) in [5.74, 6) is 0.464. The first-order valence-electron chi connectivity index (χ1n) is 8.11. The van der Waals surface area contributed by atoms with Gasteiger partial charge in [-0.15, -0.1) is 12.4 Å². The molecule has 2 aliphatic rings. The van der Waals surface area contributed by atoms with Crippen LogP contribution in [0.5, 0.6) is 0 Å². The van der Waals surface area contributed by atoms with Crippen molar-refractivity contribution in [3.63, 3.8) is 0 Å². The summed E-state index contributed by atoms with van der Waals surface area (Å²) < 4.78 is 34.3. The lowest BCUT2D eigenvalue weighted by Crippen LogP contribution is -2.50. The molecule has 1 unspecified atom stereocenters.